The van der Waals surface area contributed by atoms with Crippen molar-refractivity contribution in [2.24, 2.45) is 0 Å². The summed E-state index contributed by atoms with van der Waals surface area (Å²) in [6, 6.07) is 7.21. The second-order valence-electron chi connectivity index (χ2n) is 3.62. The fourth-order valence-electron chi connectivity index (χ4n) is 1.38. The fraction of sp³-hybridized carbons (Fsp3) is 0.0833. The van der Waals surface area contributed by atoms with Gasteiger partial charge < -0.3 is 10.4 Å². The van der Waals surface area contributed by atoms with E-state index < -0.39 is 5.97 Å². The first kappa shape index (κ1) is 13.9. The van der Waals surface area contributed by atoms with Crippen molar-refractivity contribution in [3.05, 3.63) is 49.5 Å². The highest BCUT2D eigenvalue weighted by molar-refractivity contribution is 14.1. The van der Waals surface area contributed by atoms with E-state index in [1.807, 2.05) is 12.1 Å². The third kappa shape index (κ3) is 3.74. The van der Waals surface area contributed by atoms with E-state index in [4.69, 9.17) is 5.11 Å². The Morgan fingerprint density at radius 3 is 2.84 bits per heavy atom. The minimum Gasteiger partial charge on any atom is -0.476 e. The van der Waals surface area contributed by atoms with Gasteiger partial charge in [0, 0.05) is 14.5 Å². The van der Waals surface area contributed by atoms with Crippen molar-refractivity contribution in [1.82, 2.24) is 10.3 Å². The van der Waals surface area contributed by atoms with E-state index in [1.165, 1.54) is 16.7 Å². The van der Waals surface area contributed by atoms with E-state index in [-0.39, 0.29) is 18.1 Å². The van der Waals surface area contributed by atoms with Gasteiger partial charge in [-0.05, 0) is 40.8 Å². The van der Waals surface area contributed by atoms with Crippen LogP contribution in [0.3, 0.4) is 0 Å². The maximum absolute atomic E-state index is 11.9. The van der Waals surface area contributed by atoms with Crippen molar-refractivity contribution in [3.63, 3.8) is 0 Å². The molecule has 0 saturated heterocycles. The molecule has 7 heteroatoms. The molecule has 0 fully saturated rings. The van der Waals surface area contributed by atoms with Crippen LogP contribution in [-0.2, 0) is 6.54 Å². The third-order valence-electron chi connectivity index (χ3n) is 2.26. The zero-order chi connectivity index (χ0) is 13.8. The molecule has 0 saturated carbocycles. The van der Waals surface area contributed by atoms with Gasteiger partial charge in [0.25, 0.3) is 5.91 Å². The lowest BCUT2D eigenvalue weighted by Gasteiger charge is -2.03. The Kier molecular flexibility index (Phi) is 4.48. The van der Waals surface area contributed by atoms with Gasteiger partial charge in [0.1, 0.15) is 5.01 Å². The number of carboxylic acid groups (broad SMARTS) is 1. The van der Waals surface area contributed by atoms with Gasteiger partial charge in [0.15, 0.2) is 5.69 Å². The zero-order valence-electron chi connectivity index (χ0n) is 9.59. The summed E-state index contributed by atoms with van der Waals surface area (Å²) in [6.45, 7) is 0.224. The van der Waals surface area contributed by atoms with Crippen molar-refractivity contribution in [2.75, 3.05) is 0 Å². The second-order valence-corrected chi connectivity index (χ2v) is 5.81. The van der Waals surface area contributed by atoms with Crippen LogP contribution in [-0.4, -0.2) is 22.0 Å². The van der Waals surface area contributed by atoms with Crippen molar-refractivity contribution >= 4 is 45.8 Å². The van der Waals surface area contributed by atoms with Crippen molar-refractivity contribution in [1.29, 1.82) is 0 Å². The lowest BCUT2D eigenvalue weighted by molar-refractivity contribution is 0.0691. The third-order valence-corrected chi connectivity index (χ3v) is 3.78. The summed E-state index contributed by atoms with van der Waals surface area (Å²) in [5.74, 6) is -1.27. The minimum absolute atomic E-state index is 0.00325. The lowest BCUT2D eigenvalue weighted by Crippen LogP contribution is -2.22. The Morgan fingerprint density at radius 1 is 1.42 bits per heavy atom. The molecule has 98 valence electrons. The number of nitrogens with zero attached hydrogens (tertiary/aromatic N) is 1. The number of halogens is 1. The molecule has 0 aliphatic heterocycles. The van der Waals surface area contributed by atoms with Crippen LogP contribution in [0.4, 0.5) is 0 Å². The fourth-order valence-corrected chi connectivity index (χ4v) is 2.63. The largest absolute Gasteiger partial charge is 0.476 e. The number of carbonyl (C=O) groups excluding carboxylic acids is 1. The number of aromatic nitrogens is 1. The molecule has 1 amide bonds. The first-order valence-electron chi connectivity index (χ1n) is 5.28. The van der Waals surface area contributed by atoms with E-state index in [0.29, 0.717) is 10.6 Å². The van der Waals surface area contributed by atoms with Gasteiger partial charge in [0.05, 0.1) is 6.54 Å². The van der Waals surface area contributed by atoms with Crippen LogP contribution in [0.15, 0.2) is 29.6 Å². The molecule has 5 nitrogen and oxygen atoms in total. The molecule has 0 aliphatic rings. The number of hydrogen-bond donors (Lipinski definition) is 2. The number of thiazole rings is 1. The topological polar surface area (TPSA) is 79.3 Å². The number of carbonyl (C=O) groups is 2. The number of nitrogens with one attached hydrogen (secondary N) is 1. The number of benzene rings is 1. The highest BCUT2D eigenvalue weighted by Crippen LogP contribution is 2.11. The Labute approximate surface area is 126 Å². The Balaban J connectivity index is 1.98. The molecule has 19 heavy (non-hydrogen) atoms. The zero-order valence-corrected chi connectivity index (χ0v) is 12.6. The van der Waals surface area contributed by atoms with Crippen molar-refractivity contribution in [2.45, 2.75) is 6.54 Å². The van der Waals surface area contributed by atoms with E-state index in [9.17, 15) is 9.59 Å². The highest BCUT2D eigenvalue weighted by Gasteiger charge is 2.10. The molecule has 0 atom stereocenters. The highest BCUT2D eigenvalue weighted by atomic mass is 127. The van der Waals surface area contributed by atoms with Gasteiger partial charge in [0.2, 0.25) is 0 Å². The maximum Gasteiger partial charge on any atom is 0.355 e. The molecule has 1 aromatic carbocycles. The Hall–Kier alpha value is -1.48. The maximum atomic E-state index is 11.9. The first-order valence-corrected chi connectivity index (χ1v) is 7.23. The van der Waals surface area contributed by atoms with Crippen LogP contribution < -0.4 is 5.32 Å². The summed E-state index contributed by atoms with van der Waals surface area (Å²) >= 11 is 3.34. The summed E-state index contributed by atoms with van der Waals surface area (Å²) in [4.78, 5) is 26.4. The van der Waals surface area contributed by atoms with E-state index in [0.717, 1.165) is 3.57 Å². The van der Waals surface area contributed by atoms with Gasteiger partial charge in [-0.15, -0.1) is 11.3 Å². The molecule has 1 heterocycles. The van der Waals surface area contributed by atoms with Gasteiger partial charge in [-0.25, -0.2) is 9.78 Å². The van der Waals surface area contributed by atoms with Crippen LogP contribution in [0, 0.1) is 3.57 Å². The van der Waals surface area contributed by atoms with Crippen molar-refractivity contribution in [3.8, 4) is 0 Å². The molecule has 2 aromatic rings. The van der Waals surface area contributed by atoms with E-state index in [2.05, 4.69) is 32.9 Å². The molecule has 0 unspecified atom stereocenters. The molecule has 0 radical (unpaired) electrons. The quantitative estimate of drug-likeness (QED) is 0.789. The number of rotatable bonds is 4. The van der Waals surface area contributed by atoms with Crippen LogP contribution in [0.2, 0.25) is 0 Å². The van der Waals surface area contributed by atoms with Gasteiger partial charge in [-0.1, -0.05) is 6.07 Å². The average Bonchev–Trinajstić information content (AvgIpc) is 2.85. The normalized spacial score (nSPS) is 10.2. The summed E-state index contributed by atoms with van der Waals surface area (Å²) in [5.41, 5.74) is 0.574. The predicted molar refractivity (Wildman–Crippen MR) is 79.4 cm³/mol. The Bertz CT molecular complexity index is 627. The van der Waals surface area contributed by atoms with Crippen LogP contribution >= 0.6 is 33.9 Å². The molecule has 2 N–H and O–H groups in total. The Morgan fingerprint density at radius 2 is 2.21 bits per heavy atom. The number of aromatic carboxylic acids is 1. The van der Waals surface area contributed by atoms with E-state index >= 15 is 0 Å². The summed E-state index contributed by atoms with van der Waals surface area (Å²) < 4.78 is 0.979. The summed E-state index contributed by atoms with van der Waals surface area (Å²) in [6.07, 6.45) is 0. The molecule has 0 aliphatic carbocycles. The first-order chi connectivity index (χ1) is 9.06. The van der Waals surface area contributed by atoms with Crippen molar-refractivity contribution < 1.29 is 14.7 Å². The minimum atomic E-state index is -1.06. The smallest absolute Gasteiger partial charge is 0.355 e. The number of carboxylic acids is 1. The summed E-state index contributed by atoms with van der Waals surface area (Å²) in [5, 5.41) is 13.5. The average molecular weight is 388 g/mol. The molecular formula is C12H9IN2O3S. The number of hydrogen-bond acceptors (Lipinski definition) is 4. The number of amides is 1. The van der Waals surface area contributed by atoms with E-state index in [1.54, 1.807) is 12.1 Å². The van der Waals surface area contributed by atoms with Gasteiger partial charge in [-0.3, -0.25) is 4.79 Å². The van der Waals surface area contributed by atoms with Gasteiger partial charge in [-0.2, -0.15) is 0 Å². The predicted octanol–water partition coefficient (Wildman–Crippen LogP) is 2.38. The van der Waals surface area contributed by atoms with Crippen LogP contribution in [0.1, 0.15) is 25.9 Å². The molecular weight excluding hydrogens is 379 g/mol. The van der Waals surface area contributed by atoms with Crippen LogP contribution in [0.5, 0.6) is 0 Å². The molecule has 1 aromatic heterocycles. The molecule has 0 spiro atoms. The van der Waals surface area contributed by atoms with Gasteiger partial charge >= 0.3 is 5.97 Å². The lowest BCUT2D eigenvalue weighted by atomic mass is 10.2. The standard InChI is InChI=1S/C12H9IN2O3S/c13-8-3-1-2-7(4-8)11(16)14-5-10-15-9(6-19-10)12(17)18/h1-4,6H,5H2,(H,14,16)(H,17,18). The molecule has 0 bridgehead atoms. The SMILES string of the molecule is O=C(NCc1nc(C(=O)O)cs1)c1cccc(I)c1. The monoisotopic (exact) mass is 388 g/mol. The summed E-state index contributed by atoms with van der Waals surface area (Å²) in [7, 11) is 0. The molecule has 2 rings (SSSR count). The second kappa shape index (κ2) is 6.11. The van der Waals surface area contributed by atoms with Crippen LogP contribution in [0.25, 0.3) is 0 Å².